The molecule has 0 bridgehead atoms. The van der Waals surface area contributed by atoms with Gasteiger partial charge in [0.15, 0.2) is 10.4 Å². The Hall–Kier alpha value is -1.57. The number of H-pyrrole nitrogens is 1. The fraction of sp³-hybridized carbons (Fsp3) is 0.455. The van der Waals surface area contributed by atoms with Crippen LogP contribution in [0.1, 0.15) is 12.8 Å². The molecule has 1 aliphatic rings. The Labute approximate surface area is 111 Å². The van der Waals surface area contributed by atoms with Crippen LogP contribution in [0.4, 0.5) is 13.2 Å². The lowest BCUT2D eigenvalue weighted by molar-refractivity contribution is -0.179. The lowest BCUT2D eigenvalue weighted by Crippen LogP contribution is -2.35. The molecule has 0 saturated heterocycles. The highest BCUT2D eigenvalue weighted by molar-refractivity contribution is 7.71. The first-order chi connectivity index (χ1) is 8.89. The molecule has 0 atom stereocenters. The number of imidazole rings is 1. The van der Waals surface area contributed by atoms with Crippen LogP contribution >= 0.6 is 12.2 Å². The van der Waals surface area contributed by atoms with Crippen molar-refractivity contribution in [2.75, 3.05) is 7.11 Å². The summed E-state index contributed by atoms with van der Waals surface area (Å²) in [6.07, 6.45) is -4.29. The summed E-state index contributed by atoms with van der Waals surface area (Å²) < 4.78 is 45.7. The zero-order chi connectivity index (χ0) is 13.8. The van der Waals surface area contributed by atoms with E-state index < -0.39 is 11.7 Å². The smallest absolute Gasteiger partial charge is 0.412 e. The highest BCUT2D eigenvalue weighted by Crippen LogP contribution is 2.56. The molecule has 0 amide bonds. The zero-order valence-corrected chi connectivity index (χ0v) is 10.7. The third kappa shape index (κ3) is 1.66. The maximum Gasteiger partial charge on any atom is 0.412 e. The number of nitrogens with zero attached hydrogens (tertiary/aromatic N) is 2. The van der Waals surface area contributed by atoms with Crippen LogP contribution in [0.5, 0.6) is 5.88 Å². The minimum absolute atomic E-state index is 0.0245. The molecule has 1 aliphatic carbocycles. The second-order valence-corrected chi connectivity index (χ2v) is 4.91. The molecule has 0 aliphatic heterocycles. The number of pyridine rings is 1. The van der Waals surface area contributed by atoms with E-state index in [1.807, 2.05) is 0 Å². The largest absolute Gasteiger partial charge is 0.481 e. The van der Waals surface area contributed by atoms with Gasteiger partial charge in [0.2, 0.25) is 5.88 Å². The number of fused-ring (bicyclic) bond motifs is 1. The second-order valence-electron chi connectivity index (χ2n) is 4.52. The summed E-state index contributed by atoms with van der Waals surface area (Å²) in [6.45, 7) is 0. The average molecular weight is 289 g/mol. The quantitative estimate of drug-likeness (QED) is 0.864. The minimum atomic E-state index is -4.34. The predicted octanol–water partition coefficient (Wildman–Crippen LogP) is 3.15. The summed E-state index contributed by atoms with van der Waals surface area (Å²) in [6, 6.07) is 3.19. The van der Waals surface area contributed by atoms with Gasteiger partial charge in [0.05, 0.1) is 12.6 Å². The van der Waals surface area contributed by atoms with E-state index in [0.717, 1.165) is 4.57 Å². The fourth-order valence-electron chi connectivity index (χ4n) is 2.23. The van der Waals surface area contributed by atoms with Gasteiger partial charge in [-0.05, 0) is 31.1 Å². The monoisotopic (exact) mass is 289 g/mol. The van der Waals surface area contributed by atoms with Crippen LogP contribution < -0.4 is 4.74 Å². The Balaban J connectivity index is 2.29. The van der Waals surface area contributed by atoms with Crippen LogP contribution in [0.3, 0.4) is 0 Å². The summed E-state index contributed by atoms with van der Waals surface area (Å²) in [5.41, 5.74) is -1.26. The van der Waals surface area contributed by atoms with Gasteiger partial charge in [-0.25, -0.2) is 0 Å². The zero-order valence-electron chi connectivity index (χ0n) is 9.91. The minimum Gasteiger partial charge on any atom is -0.481 e. The van der Waals surface area contributed by atoms with Crippen LogP contribution in [0.25, 0.3) is 11.2 Å². The Morgan fingerprint density at radius 1 is 1.42 bits per heavy atom. The van der Waals surface area contributed by atoms with E-state index in [-0.39, 0.29) is 29.1 Å². The molecule has 19 heavy (non-hydrogen) atoms. The van der Waals surface area contributed by atoms with Gasteiger partial charge < -0.3 is 9.72 Å². The molecule has 1 N–H and O–H groups in total. The molecule has 0 unspecified atom stereocenters. The van der Waals surface area contributed by atoms with Crippen molar-refractivity contribution in [3.63, 3.8) is 0 Å². The SMILES string of the molecule is COc1ccc2[nH]c(=S)n(C3(C(F)(F)F)CC3)c2n1. The first-order valence-corrected chi connectivity index (χ1v) is 6.03. The number of aromatic nitrogens is 3. The van der Waals surface area contributed by atoms with E-state index in [1.165, 1.54) is 7.11 Å². The number of rotatable bonds is 2. The van der Waals surface area contributed by atoms with Crippen molar-refractivity contribution in [3.8, 4) is 5.88 Å². The van der Waals surface area contributed by atoms with Gasteiger partial charge in [-0.1, -0.05) is 0 Å². The van der Waals surface area contributed by atoms with E-state index in [1.54, 1.807) is 12.1 Å². The number of hydrogen-bond acceptors (Lipinski definition) is 3. The van der Waals surface area contributed by atoms with Gasteiger partial charge in [0.1, 0.15) is 5.54 Å². The predicted molar refractivity (Wildman–Crippen MR) is 64.7 cm³/mol. The highest BCUT2D eigenvalue weighted by atomic mass is 32.1. The molecule has 1 fully saturated rings. The third-order valence-corrected chi connectivity index (χ3v) is 3.68. The van der Waals surface area contributed by atoms with Crippen LogP contribution in [0, 0.1) is 4.77 Å². The molecular weight excluding hydrogens is 279 g/mol. The summed E-state index contributed by atoms with van der Waals surface area (Å²) >= 11 is 5.02. The fourth-order valence-corrected chi connectivity index (χ4v) is 2.60. The lowest BCUT2D eigenvalue weighted by Gasteiger charge is -2.21. The Kier molecular flexibility index (Phi) is 2.44. The van der Waals surface area contributed by atoms with Crippen LogP contribution in [-0.4, -0.2) is 27.8 Å². The van der Waals surface area contributed by atoms with Gasteiger partial charge >= 0.3 is 6.18 Å². The summed E-state index contributed by atoms with van der Waals surface area (Å²) in [7, 11) is 1.41. The maximum absolute atomic E-state index is 13.2. The number of ether oxygens (including phenoxy) is 1. The number of aromatic amines is 1. The van der Waals surface area contributed by atoms with Gasteiger partial charge in [-0.3, -0.25) is 4.57 Å². The summed E-state index contributed by atoms with van der Waals surface area (Å²) in [5.74, 6) is 0.258. The molecule has 3 rings (SSSR count). The van der Waals surface area contributed by atoms with Gasteiger partial charge in [0, 0.05) is 6.07 Å². The lowest BCUT2D eigenvalue weighted by atomic mass is 10.2. The molecule has 2 aromatic rings. The number of methoxy groups -OCH3 is 1. The first kappa shape index (κ1) is 12.5. The molecule has 2 heterocycles. The van der Waals surface area contributed by atoms with Gasteiger partial charge in [0.25, 0.3) is 0 Å². The van der Waals surface area contributed by atoms with E-state index in [4.69, 9.17) is 17.0 Å². The van der Waals surface area contributed by atoms with Crippen LogP contribution in [0.2, 0.25) is 0 Å². The third-order valence-electron chi connectivity index (χ3n) is 3.39. The van der Waals surface area contributed by atoms with Crippen molar-refractivity contribution in [1.29, 1.82) is 0 Å². The number of alkyl halides is 3. The van der Waals surface area contributed by atoms with E-state index >= 15 is 0 Å². The van der Waals surface area contributed by atoms with Crippen molar-refractivity contribution in [1.82, 2.24) is 14.5 Å². The molecule has 0 spiro atoms. The second kappa shape index (κ2) is 3.72. The number of hydrogen-bond donors (Lipinski definition) is 1. The van der Waals surface area contributed by atoms with E-state index in [9.17, 15) is 13.2 Å². The van der Waals surface area contributed by atoms with Crippen molar-refractivity contribution in [2.45, 2.75) is 24.6 Å². The number of halogens is 3. The maximum atomic E-state index is 13.2. The molecule has 4 nitrogen and oxygen atoms in total. The van der Waals surface area contributed by atoms with Gasteiger partial charge in [-0.2, -0.15) is 18.2 Å². The average Bonchev–Trinajstić information content (AvgIpc) is 3.07. The molecule has 0 aromatic carbocycles. The van der Waals surface area contributed by atoms with Crippen molar-refractivity contribution in [2.24, 2.45) is 0 Å². The molecular formula is C11H10F3N3OS. The normalized spacial score (nSPS) is 17.7. The highest BCUT2D eigenvalue weighted by Gasteiger charge is 2.65. The van der Waals surface area contributed by atoms with Crippen LogP contribution in [-0.2, 0) is 5.54 Å². The van der Waals surface area contributed by atoms with Gasteiger partial charge in [-0.15, -0.1) is 0 Å². The number of nitrogens with one attached hydrogen (secondary N) is 1. The summed E-state index contributed by atoms with van der Waals surface area (Å²) in [5, 5.41) is 0. The van der Waals surface area contributed by atoms with E-state index in [2.05, 4.69) is 9.97 Å². The van der Waals surface area contributed by atoms with Crippen molar-refractivity contribution in [3.05, 3.63) is 16.9 Å². The Morgan fingerprint density at radius 2 is 2.11 bits per heavy atom. The first-order valence-electron chi connectivity index (χ1n) is 5.62. The Morgan fingerprint density at radius 3 is 2.63 bits per heavy atom. The summed E-state index contributed by atoms with van der Waals surface area (Å²) in [4.78, 5) is 6.83. The van der Waals surface area contributed by atoms with Crippen molar-refractivity contribution >= 4 is 23.4 Å². The van der Waals surface area contributed by atoms with Crippen molar-refractivity contribution < 1.29 is 17.9 Å². The molecule has 0 radical (unpaired) electrons. The molecule has 8 heteroatoms. The molecule has 102 valence electrons. The van der Waals surface area contributed by atoms with E-state index in [0.29, 0.717) is 5.52 Å². The van der Waals surface area contributed by atoms with Crippen LogP contribution in [0.15, 0.2) is 12.1 Å². The molecule has 1 saturated carbocycles. The topological polar surface area (TPSA) is 42.8 Å². The standard InChI is InChI=1S/C11H10F3N3OS/c1-18-7-3-2-6-8(16-7)17(9(19)15-6)10(4-5-10)11(12,13)14/h2-3H,4-5H2,1H3,(H,15,19). The Bertz CT molecular complexity index is 699. The molecule has 2 aromatic heterocycles.